The average Bonchev–Trinajstić information content (AvgIpc) is 3.11. The summed E-state index contributed by atoms with van der Waals surface area (Å²) in [5, 5.41) is 9.63. The highest BCUT2D eigenvalue weighted by molar-refractivity contribution is 7.99. The largest absolute Gasteiger partial charge is 0.305 e. The minimum atomic E-state index is 0.939. The van der Waals surface area contributed by atoms with Crippen LogP contribution in [-0.4, -0.2) is 45.1 Å². The number of hydrogen-bond acceptors (Lipinski definition) is 4. The fraction of sp³-hybridized carbons (Fsp3) is 0.467. The van der Waals surface area contributed by atoms with Gasteiger partial charge >= 0.3 is 0 Å². The Morgan fingerprint density at radius 2 is 1.85 bits per heavy atom. The Bertz CT molecular complexity index is 546. The number of nitrogens with zero attached hydrogens (tertiary/aromatic N) is 4. The fourth-order valence-corrected chi connectivity index (χ4v) is 3.46. The van der Waals surface area contributed by atoms with E-state index >= 15 is 0 Å². The van der Waals surface area contributed by atoms with Crippen LogP contribution in [0.2, 0.25) is 0 Å². The summed E-state index contributed by atoms with van der Waals surface area (Å²) in [6.07, 6.45) is 2.71. The van der Waals surface area contributed by atoms with E-state index < -0.39 is 0 Å². The Kier molecular flexibility index (Phi) is 4.38. The zero-order valence-electron chi connectivity index (χ0n) is 11.8. The molecule has 1 fully saturated rings. The normalized spacial score (nSPS) is 15.8. The second-order valence-corrected chi connectivity index (χ2v) is 6.19. The van der Waals surface area contributed by atoms with Gasteiger partial charge in [-0.05, 0) is 25.9 Å². The molecule has 0 aliphatic carbocycles. The molecule has 0 amide bonds. The van der Waals surface area contributed by atoms with Gasteiger partial charge in [-0.15, -0.1) is 10.2 Å². The Balaban J connectivity index is 1.62. The summed E-state index contributed by atoms with van der Waals surface area (Å²) in [6.45, 7) is 3.67. The molecule has 1 aromatic carbocycles. The molecule has 1 saturated heterocycles. The standard InChI is InChI=1S/C15H20N4S/c1-18-14(13-7-3-2-4-8-13)16-17-15(18)20-12-11-19-9-5-6-10-19/h2-4,7-8H,5-6,9-12H2,1H3. The van der Waals surface area contributed by atoms with E-state index in [0.717, 1.165) is 28.8 Å². The van der Waals surface area contributed by atoms with Crippen LogP contribution >= 0.6 is 11.8 Å². The lowest BCUT2D eigenvalue weighted by molar-refractivity contribution is 0.362. The third kappa shape index (κ3) is 3.04. The van der Waals surface area contributed by atoms with Crippen LogP contribution in [0.1, 0.15) is 12.8 Å². The Morgan fingerprint density at radius 3 is 2.60 bits per heavy atom. The van der Waals surface area contributed by atoms with Crippen molar-refractivity contribution in [2.75, 3.05) is 25.4 Å². The summed E-state index contributed by atoms with van der Waals surface area (Å²) in [6, 6.07) is 10.2. The molecule has 1 aliphatic rings. The second kappa shape index (κ2) is 6.41. The Hall–Kier alpha value is -1.33. The maximum absolute atomic E-state index is 4.31. The fourth-order valence-electron chi connectivity index (χ4n) is 2.55. The molecule has 0 saturated carbocycles. The topological polar surface area (TPSA) is 34.0 Å². The highest BCUT2D eigenvalue weighted by Gasteiger charge is 2.13. The molecule has 0 N–H and O–H groups in total. The van der Waals surface area contributed by atoms with Crippen LogP contribution in [0.3, 0.4) is 0 Å². The van der Waals surface area contributed by atoms with Crippen molar-refractivity contribution in [1.82, 2.24) is 19.7 Å². The predicted octanol–water partition coefficient (Wildman–Crippen LogP) is 2.67. The van der Waals surface area contributed by atoms with E-state index in [2.05, 4.69) is 31.8 Å². The van der Waals surface area contributed by atoms with E-state index in [1.807, 2.05) is 25.2 Å². The molecule has 1 aromatic heterocycles. The van der Waals surface area contributed by atoms with Crippen molar-refractivity contribution in [2.45, 2.75) is 18.0 Å². The Morgan fingerprint density at radius 1 is 1.10 bits per heavy atom. The predicted molar refractivity (Wildman–Crippen MR) is 82.8 cm³/mol. The van der Waals surface area contributed by atoms with Gasteiger partial charge in [0.15, 0.2) is 11.0 Å². The first-order chi connectivity index (χ1) is 9.84. The molecule has 2 aromatic rings. The van der Waals surface area contributed by atoms with E-state index in [1.54, 1.807) is 11.8 Å². The number of benzene rings is 1. The van der Waals surface area contributed by atoms with Gasteiger partial charge in [-0.25, -0.2) is 0 Å². The van der Waals surface area contributed by atoms with Crippen LogP contribution in [0.4, 0.5) is 0 Å². The van der Waals surface area contributed by atoms with Crippen LogP contribution in [0.25, 0.3) is 11.4 Å². The van der Waals surface area contributed by atoms with Gasteiger partial charge in [0, 0.05) is 24.9 Å². The maximum Gasteiger partial charge on any atom is 0.191 e. The zero-order valence-corrected chi connectivity index (χ0v) is 12.6. The second-order valence-electron chi connectivity index (χ2n) is 5.13. The van der Waals surface area contributed by atoms with Crippen molar-refractivity contribution in [3.63, 3.8) is 0 Å². The van der Waals surface area contributed by atoms with E-state index in [9.17, 15) is 0 Å². The molecular weight excluding hydrogens is 268 g/mol. The average molecular weight is 288 g/mol. The summed E-state index contributed by atoms with van der Waals surface area (Å²) in [7, 11) is 2.04. The van der Waals surface area contributed by atoms with Gasteiger partial charge in [0.1, 0.15) is 0 Å². The molecule has 2 heterocycles. The number of rotatable bonds is 5. The molecule has 106 valence electrons. The van der Waals surface area contributed by atoms with Crippen molar-refractivity contribution in [1.29, 1.82) is 0 Å². The summed E-state index contributed by atoms with van der Waals surface area (Å²) < 4.78 is 2.09. The van der Waals surface area contributed by atoms with Crippen molar-refractivity contribution in [3.05, 3.63) is 30.3 Å². The molecule has 0 bridgehead atoms. The minimum absolute atomic E-state index is 0.939. The van der Waals surface area contributed by atoms with E-state index in [0.29, 0.717) is 0 Å². The minimum Gasteiger partial charge on any atom is -0.305 e. The number of hydrogen-bond donors (Lipinski definition) is 0. The lowest BCUT2D eigenvalue weighted by Crippen LogP contribution is -2.22. The lowest BCUT2D eigenvalue weighted by Gasteiger charge is -2.13. The highest BCUT2D eigenvalue weighted by Crippen LogP contribution is 2.22. The third-order valence-electron chi connectivity index (χ3n) is 3.70. The van der Waals surface area contributed by atoms with Crippen molar-refractivity contribution < 1.29 is 0 Å². The summed E-state index contributed by atoms with van der Waals surface area (Å²) in [5.41, 5.74) is 1.12. The SMILES string of the molecule is Cn1c(SCCN2CCCC2)nnc1-c1ccccc1. The van der Waals surface area contributed by atoms with Crippen LogP contribution < -0.4 is 0 Å². The molecule has 0 spiro atoms. The number of aromatic nitrogens is 3. The van der Waals surface area contributed by atoms with Crippen molar-refractivity contribution in [2.24, 2.45) is 7.05 Å². The first-order valence-corrected chi connectivity index (χ1v) is 8.13. The van der Waals surface area contributed by atoms with Gasteiger partial charge in [-0.3, -0.25) is 0 Å². The van der Waals surface area contributed by atoms with E-state index in [4.69, 9.17) is 0 Å². The monoisotopic (exact) mass is 288 g/mol. The van der Waals surface area contributed by atoms with Gasteiger partial charge in [-0.2, -0.15) is 0 Å². The smallest absolute Gasteiger partial charge is 0.191 e. The van der Waals surface area contributed by atoms with Crippen LogP contribution in [-0.2, 0) is 7.05 Å². The molecule has 3 rings (SSSR count). The molecule has 0 radical (unpaired) electrons. The molecule has 5 heteroatoms. The van der Waals surface area contributed by atoms with Crippen LogP contribution in [0.15, 0.2) is 35.5 Å². The summed E-state index contributed by atoms with van der Waals surface area (Å²) in [5.74, 6) is 2.02. The van der Waals surface area contributed by atoms with Gasteiger partial charge in [0.05, 0.1) is 0 Å². The molecular formula is C15H20N4S. The third-order valence-corrected chi connectivity index (χ3v) is 4.70. The van der Waals surface area contributed by atoms with Gasteiger partial charge in [-0.1, -0.05) is 42.1 Å². The van der Waals surface area contributed by atoms with Crippen molar-refractivity contribution in [3.8, 4) is 11.4 Å². The molecule has 20 heavy (non-hydrogen) atoms. The van der Waals surface area contributed by atoms with Gasteiger partial charge < -0.3 is 9.47 Å². The van der Waals surface area contributed by atoms with Gasteiger partial charge in [0.2, 0.25) is 0 Å². The molecule has 1 aliphatic heterocycles. The highest BCUT2D eigenvalue weighted by atomic mass is 32.2. The molecule has 4 nitrogen and oxygen atoms in total. The summed E-state index contributed by atoms with van der Waals surface area (Å²) >= 11 is 1.80. The first kappa shape index (κ1) is 13.6. The lowest BCUT2D eigenvalue weighted by atomic mass is 10.2. The molecule has 0 unspecified atom stereocenters. The zero-order chi connectivity index (χ0) is 13.8. The van der Waals surface area contributed by atoms with Crippen LogP contribution in [0, 0.1) is 0 Å². The van der Waals surface area contributed by atoms with E-state index in [1.165, 1.54) is 25.9 Å². The number of likely N-dealkylation sites (tertiary alicyclic amines) is 1. The first-order valence-electron chi connectivity index (χ1n) is 7.14. The van der Waals surface area contributed by atoms with Crippen LogP contribution in [0.5, 0.6) is 0 Å². The van der Waals surface area contributed by atoms with Crippen molar-refractivity contribution >= 4 is 11.8 Å². The quantitative estimate of drug-likeness (QED) is 0.792. The summed E-state index contributed by atoms with van der Waals surface area (Å²) in [4.78, 5) is 2.53. The maximum atomic E-state index is 4.31. The molecule has 0 atom stereocenters. The number of thioether (sulfide) groups is 1. The van der Waals surface area contributed by atoms with E-state index in [-0.39, 0.29) is 0 Å². The Labute approximate surface area is 124 Å². The van der Waals surface area contributed by atoms with Gasteiger partial charge in [0.25, 0.3) is 0 Å².